The number of carboxylic acid groups (broad SMARTS) is 1. The van der Waals surface area contributed by atoms with Crippen molar-refractivity contribution >= 4 is 27.9 Å². The van der Waals surface area contributed by atoms with Gasteiger partial charge in [0.25, 0.3) is 0 Å². The van der Waals surface area contributed by atoms with E-state index in [1.165, 1.54) is 0 Å². The Morgan fingerprint density at radius 2 is 2.29 bits per heavy atom. The van der Waals surface area contributed by atoms with Gasteiger partial charge in [0.05, 0.1) is 12.2 Å². The van der Waals surface area contributed by atoms with E-state index in [1.807, 2.05) is 13.8 Å². The highest BCUT2D eigenvalue weighted by molar-refractivity contribution is 9.10. The molecule has 0 spiro atoms. The number of nitrogens with zero attached hydrogens (tertiary/aromatic N) is 2. The summed E-state index contributed by atoms with van der Waals surface area (Å²) < 4.78 is 0.765. The van der Waals surface area contributed by atoms with Gasteiger partial charge in [0, 0.05) is 6.54 Å². The number of rotatable bonds is 4. The molecule has 0 saturated carbocycles. The molecule has 1 aliphatic rings. The Balaban J connectivity index is 2.17. The summed E-state index contributed by atoms with van der Waals surface area (Å²) in [6.07, 6.45) is 2.18. The standard InChI is InChI=1S/C13H19BrN4O3/c1-7(2)10(17-13(20)21)12(19)18-5-3-4-8(18)11-15-6-9(14)16-11/h6-8,10,17H,3-5H2,1-2H3,(H,15,16)(H,20,21)/t8?,10-/m0/s1. The van der Waals surface area contributed by atoms with Gasteiger partial charge in [0.1, 0.15) is 16.5 Å². The van der Waals surface area contributed by atoms with Crippen LogP contribution >= 0.6 is 15.9 Å². The van der Waals surface area contributed by atoms with Crippen LogP contribution in [0.4, 0.5) is 4.79 Å². The van der Waals surface area contributed by atoms with Gasteiger partial charge in [-0.3, -0.25) is 4.79 Å². The van der Waals surface area contributed by atoms with E-state index in [1.54, 1.807) is 11.1 Å². The first kappa shape index (κ1) is 15.8. The van der Waals surface area contributed by atoms with Gasteiger partial charge in [-0.25, -0.2) is 9.78 Å². The maximum Gasteiger partial charge on any atom is 0.405 e. The lowest BCUT2D eigenvalue weighted by atomic mass is 10.0. The van der Waals surface area contributed by atoms with Gasteiger partial charge >= 0.3 is 6.09 Å². The van der Waals surface area contributed by atoms with Crippen molar-refractivity contribution in [3.8, 4) is 0 Å². The van der Waals surface area contributed by atoms with Gasteiger partial charge in [-0.1, -0.05) is 13.8 Å². The third kappa shape index (κ3) is 3.55. The number of H-pyrrole nitrogens is 1. The number of aromatic nitrogens is 2. The molecule has 1 aromatic heterocycles. The van der Waals surface area contributed by atoms with Crippen LogP contribution in [0.1, 0.15) is 38.6 Å². The topological polar surface area (TPSA) is 98.3 Å². The van der Waals surface area contributed by atoms with E-state index in [2.05, 4.69) is 31.2 Å². The molecule has 1 aliphatic heterocycles. The molecule has 0 aliphatic carbocycles. The van der Waals surface area contributed by atoms with Gasteiger partial charge in [0.15, 0.2) is 0 Å². The molecule has 1 aromatic rings. The number of likely N-dealkylation sites (tertiary alicyclic amines) is 1. The predicted octanol–water partition coefficient (Wildman–Crippen LogP) is 2.13. The molecule has 3 N–H and O–H groups in total. The summed E-state index contributed by atoms with van der Waals surface area (Å²) >= 11 is 3.31. The number of carbonyl (C=O) groups excluding carboxylic acids is 1. The van der Waals surface area contributed by atoms with Crippen LogP contribution in [-0.2, 0) is 4.79 Å². The fraction of sp³-hybridized carbons (Fsp3) is 0.615. The minimum atomic E-state index is -1.18. The minimum absolute atomic E-state index is 0.113. The Morgan fingerprint density at radius 1 is 1.57 bits per heavy atom. The molecule has 8 heteroatoms. The van der Waals surface area contributed by atoms with E-state index in [-0.39, 0.29) is 17.9 Å². The van der Waals surface area contributed by atoms with Crippen molar-refractivity contribution in [3.05, 3.63) is 16.6 Å². The lowest BCUT2D eigenvalue weighted by Gasteiger charge is -2.29. The molecular weight excluding hydrogens is 340 g/mol. The van der Waals surface area contributed by atoms with Gasteiger partial charge in [-0.15, -0.1) is 0 Å². The maximum atomic E-state index is 12.7. The summed E-state index contributed by atoms with van der Waals surface area (Å²) in [4.78, 5) is 32.6. The summed E-state index contributed by atoms with van der Waals surface area (Å²) in [5, 5.41) is 11.2. The van der Waals surface area contributed by atoms with E-state index >= 15 is 0 Å². The Morgan fingerprint density at radius 3 is 2.81 bits per heavy atom. The van der Waals surface area contributed by atoms with Crippen LogP contribution in [0.5, 0.6) is 0 Å². The molecule has 2 amide bonds. The highest BCUT2D eigenvalue weighted by atomic mass is 79.9. The molecule has 1 unspecified atom stereocenters. The number of aromatic amines is 1. The zero-order valence-electron chi connectivity index (χ0n) is 12.0. The molecule has 0 radical (unpaired) electrons. The number of carbonyl (C=O) groups is 2. The average molecular weight is 359 g/mol. The minimum Gasteiger partial charge on any atom is -0.465 e. The van der Waals surface area contributed by atoms with Crippen molar-refractivity contribution in [2.24, 2.45) is 5.92 Å². The zero-order chi connectivity index (χ0) is 15.6. The second-order valence-electron chi connectivity index (χ2n) is 5.48. The molecule has 116 valence electrons. The first-order valence-electron chi connectivity index (χ1n) is 6.90. The first-order valence-corrected chi connectivity index (χ1v) is 7.69. The van der Waals surface area contributed by atoms with Crippen molar-refractivity contribution in [1.82, 2.24) is 20.2 Å². The highest BCUT2D eigenvalue weighted by Crippen LogP contribution is 2.31. The fourth-order valence-electron chi connectivity index (χ4n) is 2.62. The molecule has 21 heavy (non-hydrogen) atoms. The van der Waals surface area contributed by atoms with Crippen molar-refractivity contribution in [2.75, 3.05) is 6.54 Å². The Kier molecular flexibility index (Phi) is 4.87. The first-order chi connectivity index (χ1) is 9.90. The Hall–Kier alpha value is -1.57. The van der Waals surface area contributed by atoms with Crippen LogP contribution in [0, 0.1) is 5.92 Å². The van der Waals surface area contributed by atoms with E-state index in [9.17, 15) is 9.59 Å². The maximum absolute atomic E-state index is 12.7. The largest absolute Gasteiger partial charge is 0.465 e. The number of hydrogen-bond acceptors (Lipinski definition) is 3. The van der Waals surface area contributed by atoms with Crippen LogP contribution in [0.15, 0.2) is 10.8 Å². The summed E-state index contributed by atoms with van der Waals surface area (Å²) in [6, 6.07) is -0.859. The van der Waals surface area contributed by atoms with Crippen molar-refractivity contribution in [1.29, 1.82) is 0 Å². The third-order valence-corrected chi connectivity index (χ3v) is 4.03. The third-order valence-electron chi connectivity index (χ3n) is 3.63. The predicted molar refractivity (Wildman–Crippen MR) is 79.8 cm³/mol. The van der Waals surface area contributed by atoms with Crippen LogP contribution in [-0.4, -0.2) is 44.6 Å². The van der Waals surface area contributed by atoms with E-state index < -0.39 is 12.1 Å². The average Bonchev–Trinajstić information content (AvgIpc) is 3.02. The molecule has 2 heterocycles. The molecule has 0 aromatic carbocycles. The Bertz CT molecular complexity index is 531. The van der Waals surface area contributed by atoms with Crippen LogP contribution in [0.2, 0.25) is 0 Å². The molecule has 7 nitrogen and oxygen atoms in total. The molecule has 0 bridgehead atoms. The highest BCUT2D eigenvalue weighted by Gasteiger charge is 2.37. The SMILES string of the molecule is CC(C)[C@H](NC(=O)O)C(=O)N1CCCC1c1ncc(Br)[nH]1. The van der Waals surface area contributed by atoms with E-state index in [0.717, 1.165) is 23.3 Å². The number of imidazole rings is 1. The molecular formula is C13H19BrN4O3. The lowest BCUT2D eigenvalue weighted by molar-refractivity contribution is -0.135. The fourth-order valence-corrected chi connectivity index (χ4v) is 2.93. The monoisotopic (exact) mass is 358 g/mol. The molecule has 1 fully saturated rings. The van der Waals surface area contributed by atoms with Crippen LogP contribution in [0.3, 0.4) is 0 Å². The van der Waals surface area contributed by atoms with Gasteiger partial charge < -0.3 is 20.3 Å². The smallest absolute Gasteiger partial charge is 0.405 e. The number of halogens is 1. The normalized spacial score (nSPS) is 19.8. The van der Waals surface area contributed by atoms with Crippen molar-refractivity contribution in [2.45, 2.75) is 38.8 Å². The molecule has 2 atom stereocenters. The van der Waals surface area contributed by atoms with Crippen LogP contribution < -0.4 is 5.32 Å². The quantitative estimate of drug-likeness (QED) is 0.767. The lowest BCUT2D eigenvalue weighted by Crippen LogP contribution is -2.50. The van der Waals surface area contributed by atoms with Gasteiger partial charge in [-0.2, -0.15) is 0 Å². The second-order valence-corrected chi connectivity index (χ2v) is 6.33. The summed E-state index contributed by atoms with van der Waals surface area (Å²) in [5.41, 5.74) is 0. The van der Waals surface area contributed by atoms with E-state index in [0.29, 0.717) is 6.54 Å². The molecule has 2 rings (SSSR count). The number of nitrogens with one attached hydrogen (secondary N) is 2. The summed E-state index contributed by atoms with van der Waals surface area (Å²) in [6.45, 7) is 4.27. The summed E-state index contributed by atoms with van der Waals surface area (Å²) in [7, 11) is 0. The van der Waals surface area contributed by atoms with Crippen molar-refractivity contribution < 1.29 is 14.7 Å². The van der Waals surface area contributed by atoms with Crippen LogP contribution in [0.25, 0.3) is 0 Å². The van der Waals surface area contributed by atoms with Gasteiger partial charge in [0.2, 0.25) is 5.91 Å². The Labute approximate surface area is 131 Å². The molecule has 1 saturated heterocycles. The summed E-state index contributed by atoms with van der Waals surface area (Å²) in [5.74, 6) is 0.422. The van der Waals surface area contributed by atoms with Gasteiger partial charge in [-0.05, 0) is 34.7 Å². The van der Waals surface area contributed by atoms with Crippen molar-refractivity contribution in [3.63, 3.8) is 0 Å². The number of hydrogen-bond donors (Lipinski definition) is 3. The number of amides is 2. The van der Waals surface area contributed by atoms with E-state index in [4.69, 9.17) is 5.11 Å². The second kappa shape index (κ2) is 6.46. The zero-order valence-corrected chi connectivity index (χ0v) is 13.6.